The summed E-state index contributed by atoms with van der Waals surface area (Å²) >= 11 is 1.77. The van der Waals surface area contributed by atoms with Gasteiger partial charge in [0.05, 0.1) is 5.88 Å². The van der Waals surface area contributed by atoms with Crippen molar-refractivity contribution in [1.82, 2.24) is 4.90 Å². The summed E-state index contributed by atoms with van der Waals surface area (Å²) in [6.45, 7) is 0.885. The Morgan fingerprint density at radius 3 is 3.08 bits per heavy atom. The molecule has 0 spiro atoms. The van der Waals surface area contributed by atoms with Gasteiger partial charge in [-0.15, -0.1) is 11.8 Å². The van der Waals surface area contributed by atoms with Crippen LogP contribution in [0.25, 0.3) is 0 Å². The summed E-state index contributed by atoms with van der Waals surface area (Å²) in [7, 11) is 0. The average Bonchev–Trinajstić information content (AvgIpc) is 3.24. The van der Waals surface area contributed by atoms with Crippen LogP contribution in [-0.2, 0) is 6.42 Å². The van der Waals surface area contributed by atoms with E-state index in [1.54, 1.807) is 11.8 Å². The minimum atomic E-state index is 0.202. The largest absolute Gasteiger partial charge is 0.375 e. The standard InChI is InChI=1S/C20H20N2OS/c23-20(14-7-8-17-19(11-14)24-12-21-17)22-9-3-6-16-15-5-2-1-4-13(15)10-18(16)22/h1-2,4-5,7-8,11,16,18,21H,3,6,9-10,12H2/t16?,18-/m0/s1. The highest BCUT2D eigenvalue weighted by Gasteiger charge is 2.40. The van der Waals surface area contributed by atoms with Crippen molar-refractivity contribution in [2.24, 2.45) is 0 Å². The first-order valence-electron chi connectivity index (χ1n) is 8.71. The SMILES string of the molecule is O=C(c1ccc2c(c1)SCN2)N1CCCC2c3ccccc3C[C@@H]21. The molecule has 2 aromatic carbocycles. The Bertz CT molecular complexity index is 819. The Labute approximate surface area is 146 Å². The van der Waals surface area contributed by atoms with Gasteiger partial charge in [-0.1, -0.05) is 24.3 Å². The number of thioether (sulfide) groups is 1. The molecule has 4 heteroatoms. The van der Waals surface area contributed by atoms with Crippen molar-refractivity contribution in [1.29, 1.82) is 0 Å². The quantitative estimate of drug-likeness (QED) is 0.851. The van der Waals surface area contributed by atoms with E-state index in [1.807, 2.05) is 12.1 Å². The number of likely N-dealkylation sites (tertiary alicyclic amines) is 1. The van der Waals surface area contributed by atoms with Crippen LogP contribution >= 0.6 is 11.8 Å². The van der Waals surface area contributed by atoms with E-state index < -0.39 is 0 Å². The molecule has 5 rings (SSSR count). The van der Waals surface area contributed by atoms with Gasteiger partial charge in [-0.2, -0.15) is 0 Å². The molecule has 1 fully saturated rings. The van der Waals surface area contributed by atoms with Crippen LogP contribution in [0.4, 0.5) is 5.69 Å². The average molecular weight is 336 g/mol. The van der Waals surface area contributed by atoms with Crippen LogP contribution < -0.4 is 5.32 Å². The summed E-state index contributed by atoms with van der Waals surface area (Å²) in [5.41, 5.74) is 4.89. The third-order valence-corrected chi connectivity index (χ3v) is 6.58. The lowest BCUT2D eigenvalue weighted by Gasteiger charge is -2.38. The predicted octanol–water partition coefficient (Wildman–Crippen LogP) is 4.11. The summed E-state index contributed by atoms with van der Waals surface area (Å²) in [6.07, 6.45) is 3.31. The second-order valence-corrected chi connectivity index (χ2v) is 7.91. The molecule has 0 aromatic heterocycles. The fraction of sp³-hybridized carbons (Fsp3) is 0.350. The minimum Gasteiger partial charge on any atom is -0.375 e. The van der Waals surface area contributed by atoms with Crippen molar-refractivity contribution < 1.29 is 4.79 Å². The third-order valence-electron chi connectivity index (χ3n) is 5.64. The van der Waals surface area contributed by atoms with Gasteiger partial charge < -0.3 is 10.2 Å². The smallest absolute Gasteiger partial charge is 0.254 e. The first-order valence-corrected chi connectivity index (χ1v) is 9.69. The van der Waals surface area contributed by atoms with Gasteiger partial charge in [0.2, 0.25) is 0 Å². The lowest BCUT2D eigenvalue weighted by atomic mass is 9.88. The Hall–Kier alpha value is -1.94. The molecule has 1 N–H and O–H groups in total. The van der Waals surface area contributed by atoms with E-state index in [1.165, 1.54) is 22.4 Å². The molecule has 1 unspecified atom stereocenters. The molecule has 3 aliphatic rings. The van der Waals surface area contributed by atoms with Crippen LogP contribution in [0.5, 0.6) is 0 Å². The van der Waals surface area contributed by atoms with E-state index in [4.69, 9.17) is 0 Å². The number of nitrogens with zero attached hydrogens (tertiary/aromatic N) is 1. The summed E-state index contributed by atoms with van der Waals surface area (Å²) in [4.78, 5) is 16.5. The van der Waals surface area contributed by atoms with Crippen molar-refractivity contribution >= 4 is 23.4 Å². The molecule has 1 aliphatic carbocycles. The van der Waals surface area contributed by atoms with E-state index in [9.17, 15) is 4.79 Å². The van der Waals surface area contributed by atoms with E-state index in [2.05, 4.69) is 40.5 Å². The van der Waals surface area contributed by atoms with E-state index in [0.29, 0.717) is 12.0 Å². The predicted molar refractivity (Wildman–Crippen MR) is 97.7 cm³/mol. The van der Waals surface area contributed by atoms with Crippen molar-refractivity contribution in [3.8, 4) is 0 Å². The number of carbonyl (C=O) groups is 1. The normalized spacial score (nSPS) is 24.1. The fourth-order valence-corrected chi connectivity index (χ4v) is 5.40. The lowest BCUT2D eigenvalue weighted by Crippen LogP contribution is -2.46. The number of anilines is 1. The van der Waals surface area contributed by atoms with E-state index in [-0.39, 0.29) is 5.91 Å². The number of piperidine rings is 1. The molecule has 0 bridgehead atoms. The van der Waals surface area contributed by atoms with Gasteiger partial charge in [0.15, 0.2) is 0 Å². The molecule has 2 aromatic rings. The highest BCUT2D eigenvalue weighted by atomic mass is 32.2. The Kier molecular flexibility index (Phi) is 3.33. The van der Waals surface area contributed by atoms with Gasteiger partial charge in [0.25, 0.3) is 5.91 Å². The maximum atomic E-state index is 13.2. The molecule has 2 atom stereocenters. The zero-order valence-corrected chi connectivity index (χ0v) is 14.3. The fourth-order valence-electron chi connectivity index (χ4n) is 4.51. The van der Waals surface area contributed by atoms with Gasteiger partial charge in [-0.05, 0) is 48.6 Å². The van der Waals surface area contributed by atoms with Crippen LogP contribution in [0.1, 0.15) is 40.2 Å². The number of fused-ring (bicyclic) bond motifs is 4. The molecule has 1 amide bonds. The maximum Gasteiger partial charge on any atom is 0.254 e. The molecule has 2 heterocycles. The zero-order valence-electron chi connectivity index (χ0n) is 13.5. The molecule has 0 saturated carbocycles. The maximum absolute atomic E-state index is 13.2. The highest BCUT2D eigenvalue weighted by Crippen LogP contribution is 2.42. The van der Waals surface area contributed by atoms with Gasteiger partial charge in [-0.25, -0.2) is 0 Å². The monoisotopic (exact) mass is 336 g/mol. The molecular formula is C20H20N2OS. The molecule has 2 aliphatic heterocycles. The van der Waals surface area contributed by atoms with E-state index in [0.717, 1.165) is 36.5 Å². The first kappa shape index (κ1) is 14.4. The number of hydrogen-bond donors (Lipinski definition) is 1. The molecule has 1 saturated heterocycles. The summed E-state index contributed by atoms with van der Waals surface area (Å²) in [6, 6.07) is 15.2. The highest BCUT2D eigenvalue weighted by molar-refractivity contribution is 7.99. The summed E-state index contributed by atoms with van der Waals surface area (Å²) in [5.74, 6) is 1.62. The lowest BCUT2D eigenvalue weighted by molar-refractivity contribution is 0.0595. The van der Waals surface area contributed by atoms with Crippen molar-refractivity contribution in [2.75, 3.05) is 17.7 Å². The Morgan fingerprint density at radius 2 is 2.12 bits per heavy atom. The molecule has 24 heavy (non-hydrogen) atoms. The zero-order chi connectivity index (χ0) is 16.1. The van der Waals surface area contributed by atoms with Crippen molar-refractivity contribution in [3.05, 3.63) is 59.2 Å². The third kappa shape index (κ3) is 2.16. The summed E-state index contributed by atoms with van der Waals surface area (Å²) < 4.78 is 0. The summed E-state index contributed by atoms with van der Waals surface area (Å²) in [5, 5.41) is 3.33. The second-order valence-electron chi connectivity index (χ2n) is 6.89. The van der Waals surface area contributed by atoms with Crippen molar-refractivity contribution in [2.45, 2.75) is 36.1 Å². The van der Waals surface area contributed by atoms with Crippen LogP contribution in [0.2, 0.25) is 0 Å². The first-order chi connectivity index (χ1) is 11.8. The Morgan fingerprint density at radius 1 is 1.21 bits per heavy atom. The number of nitrogens with one attached hydrogen (secondary N) is 1. The number of hydrogen-bond acceptors (Lipinski definition) is 3. The number of carbonyl (C=O) groups excluding carboxylic acids is 1. The van der Waals surface area contributed by atoms with Crippen LogP contribution in [0.3, 0.4) is 0 Å². The Balaban J connectivity index is 1.46. The topological polar surface area (TPSA) is 32.3 Å². The van der Waals surface area contributed by atoms with Gasteiger partial charge in [0, 0.05) is 34.7 Å². The van der Waals surface area contributed by atoms with Gasteiger partial charge >= 0.3 is 0 Å². The molecule has 122 valence electrons. The molecule has 0 radical (unpaired) electrons. The minimum absolute atomic E-state index is 0.202. The number of rotatable bonds is 1. The molecular weight excluding hydrogens is 316 g/mol. The van der Waals surface area contributed by atoms with E-state index >= 15 is 0 Å². The van der Waals surface area contributed by atoms with Gasteiger partial charge in [-0.3, -0.25) is 4.79 Å². The number of amides is 1. The van der Waals surface area contributed by atoms with Crippen LogP contribution in [0, 0.1) is 0 Å². The number of benzene rings is 2. The van der Waals surface area contributed by atoms with Gasteiger partial charge in [0.1, 0.15) is 0 Å². The second kappa shape index (κ2) is 5.55. The van der Waals surface area contributed by atoms with Crippen LogP contribution in [-0.4, -0.2) is 29.3 Å². The van der Waals surface area contributed by atoms with Crippen LogP contribution in [0.15, 0.2) is 47.4 Å². The van der Waals surface area contributed by atoms with Crippen molar-refractivity contribution in [3.63, 3.8) is 0 Å². The molecule has 3 nitrogen and oxygen atoms in total.